The summed E-state index contributed by atoms with van der Waals surface area (Å²) in [4.78, 5) is 19.8. The number of hydrogen-bond donors (Lipinski definition) is 0. The van der Waals surface area contributed by atoms with Gasteiger partial charge in [0, 0.05) is 30.7 Å². The van der Waals surface area contributed by atoms with E-state index in [1.54, 1.807) is 12.4 Å². The topological polar surface area (TPSA) is 52.1 Å². The summed E-state index contributed by atoms with van der Waals surface area (Å²) in [6, 6.07) is 0. The highest BCUT2D eigenvalue weighted by Crippen LogP contribution is 2.17. The molecule has 0 aliphatic heterocycles. The van der Waals surface area contributed by atoms with Gasteiger partial charge in [-0.05, 0) is 12.0 Å². The number of hydrogen-bond acceptors (Lipinski definition) is 4. The Bertz CT molecular complexity index is 380. The first kappa shape index (κ1) is 14.6. The molecule has 0 fully saturated rings. The predicted octanol–water partition coefficient (Wildman–Crippen LogP) is 2.66. The SMILES string of the molecule is CCCC(=O)OCCc1cnc(C(C)(C)C)nc1. The van der Waals surface area contributed by atoms with Gasteiger partial charge in [0.15, 0.2) is 0 Å². The van der Waals surface area contributed by atoms with Crippen molar-refractivity contribution in [3.8, 4) is 0 Å². The van der Waals surface area contributed by atoms with Crippen LogP contribution in [0.25, 0.3) is 0 Å². The molecule has 0 aliphatic rings. The van der Waals surface area contributed by atoms with E-state index in [-0.39, 0.29) is 11.4 Å². The number of aromatic nitrogens is 2. The molecule has 0 aliphatic carbocycles. The minimum Gasteiger partial charge on any atom is -0.465 e. The van der Waals surface area contributed by atoms with Crippen LogP contribution >= 0.6 is 0 Å². The molecule has 0 saturated carbocycles. The van der Waals surface area contributed by atoms with E-state index in [1.807, 2.05) is 6.92 Å². The van der Waals surface area contributed by atoms with Gasteiger partial charge in [0.1, 0.15) is 5.82 Å². The summed E-state index contributed by atoms with van der Waals surface area (Å²) in [5.74, 6) is 0.693. The number of rotatable bonds is 5. The Morgan fingerprint density at radius 2 is 1.89 bits per heavy atom. The van der Waals surface area contributed by atoms with Gasteiger partial charge in [0.05, 0.1) is 6.61 Å². The molecule has 4 nitrogen and oxygen atoms in total. The summed E-state index contributed by atoms with van der Waals surface area (Å²) in [6.07, 6.45) is 5.59. The second-order valence-corrected chi connectivity index (χ2v) is 5.39. The summed E-state index contributed by atoms with van der Waals surface area (Å²) in [5, 5.41) is 0. The fourth-order valence-corrected chi connectivity index (χ4v) is 1.43. The molecule has 1 heterocycles. The zero-order valence-corrected chi connectivity index (χ0v) is 11.7. The smallest absolute Gasteiger partial charge is 0.305 e. The molecular weight excluding hydrogens is 228 g/mol. The molecule has 0 N–H and O–H groups in total. The molecule has 0 atom stereocenters. The van der Waals surface area contributed by atoms with Crippen molar-refractivity contribution in [3.63, 3.8) is 0 Å². The van der Waals surface area contributed by atoms with E-state index in [9.17, 15) is 4.79 Å². The van der Waals surface area contributed by atoms with Crippen molar-refractivity contribution in [1.82, 2.24) is 9.97 Å². The molecule has 0 unspecified atom stereocenters. The second kappa shape index (κ2) is 6.47. The van der Waals surface area contributed by atoms with E-state index in [0.717, 1.165) is 17.8 Å². The van der Waals surface area contributed by atoms with Crippen LogP contribution < -0.4 is 0 Å². The standard InChI is InChI=1S/C14H22N2O2/c1-5-6-12(17)18-8-7-11-9-15-13(16-10-11)14(2,3)4/h9-10H,5-8H2,1-4H3. The van der Waals surface area contributed by atoms with Gasteiger partial charge in [-0.3, -0.25) is 4.79 Å². The molecule has 1 rings (SSSR count). The minimum atomic E-state index is -0.135. The van der Waals surface area contributed by atoms with Crippen molar-refractivity contribution < 1.29 is 9.53 Å². The molecule has 0 aromatic carbocycles. The summed E-state index contributed by atoms with van der Waals surface area (Å²) in [5.41, 5.74) is 0.957. The lowest BCUT2D eigenvalue weighted by atomic mass is 9.96. The van der Waals surface area contributed by atoms with Gasteiger partial charge in [-0.2, -0.15) is 0 Å². The molecule has 0 bridgehead atoms. The maximum Gasteiger partial charge on any atom is 0.305 e. The third-order valence-electron chi connectivity index (χ3n) is 2.48. The first-order chi connectivity index (χ1) is 8.43. The minimum absolute atomic E-state index is 0.0356. The fraction of sp³-hybridized carbons (Fsp3) is 0.643. The molecule has 4 heteroatoms. The highest BCUT2D eigenvalue weighted by atomic mass is 16.5. The molecule has 0 saturated heterocycles. The van der Waals surface area contributed by atoms with Gasteiger partial charge in [-0.1, -0.05) is 27.7 Å². The van der Waals surface area contributed by atoms with Crippen LogP contribution in [0.2, 0.25) is 0 Å². The Morgan fingerprint density at radius 1 is 1.28 bits per heavy atom. The number of nitrogens with zero attached hydrogens (tertiary/aromatic N) is 2. The largest absolute Gasteiger partial charge is 0.465 e. The van der Waals surface area contributed by atoms with Gasteiger partial charge in [0.2, 0.25) is 0 Å². The van der Waals surface area contributed by atoms with E-state index >= 15 is 0 Å². The number of carbonyl (C=O) groups is 1. The zero-order valence-electron chi connectivity index (χ0n) is 11.7. The predicted molar refractivity (Wildman–Crippen MR) is 70.3 cm³/mol. The van der Waals surface area contributed by atoms with Crippen molar-refractivity contribution in [3.05, 3.63) is 23.8 Å². The number of esters is 1. The summed E-state index contributed by atoms with van der Waals surface area (Å²) < 4.78 is 5.09. The molecule has 1 aromatic rings. The molecule has 18 heavy (non-hydrogen) atoms. The zero-order chi connectivity index (χ0) is 13.6. The number of carbonyl (C=O) groups excluding carboxylic acids is 1. The average Bonchev–Trinajstić information content (AvgIpc) is 2.29. The summed E-state index contributed by atoms with van der Waals surface area (Å²) in [7, 11) is 0. The van der Waals surface area contributed by atoms with Crippen LogP contribution in [0.15, 0.2) is 12.4 Å². The van der Waals surface area contributed by atoms with Gasteiger partial charge in [-0.15, -0.1) is 0 Å². The van der Waals surface area contributed by atoms with Crippen molar-refractivity contribution in [2.45, 2.75) is 52.4 Å². The van der Waals surface area contributed by atoms with Crippen LogP contribution in [-0.4, -0.2) is 22.5 Å². The van der Waals surface area contributed by atoms with Crippen molar-refractivity contribution in [2.75, 3.05) is 6.61 Å². The van der Waals surface area contributed by atoms with E-state index in [2.05, 4.69) is 30.7 Å². The Hall–Kier alpha value is -1.45. The Labute approximate surface area is 109 Å². The maximum atomic E-state index is 11.2. The van der Waals surface area contributed by atoms with Crippen LogP contribution in [0.5, 0.6) is 0 Å². The maximum absolute atomic E-state index is 11.2. The van der Waals surface area contributed by atoms with Gasteiger partial charge < -0.3 is 4.74 Å². The molecular formula is C14H22N2O2. The Kier molecular flexibility index (Phi) is 5.25. The van der Waals surface area contributed by atoms with Crippen molar-refractivity contribution in [2.24, 2.45) is 0 Å². The van der Waals surface area contributed by atoms with E-state index < -0.39 is 0 Å². The van der Waals surface area contributed by atoms with Gasteiger partial charge in [-0.25, -0.2) is 9.97 Å². The van der Waals surface area contributed by atoms with Gasteiger partial charge in [0.25, 0.3) is 0 Å². The quantitative estimate of drug-likeness (QED) is 0.754. The third-order valence-corrected chi connectivity index (χ3v) is 2.48. The van der Waals surface area contributed by atoms with Crippen LogP contribution in [0.3, 0.4) is 0 Å². The summed E-state index contributed by atoms with van der Waals surface area (Å²) in [6.45, 7) is 8.59. The molecule has 1 aromatic heterocycles. The summed E-state index contributed by atoms with van der Waals surface area (Å²) >= 11 is 0. The molecule has 0 radical (unpaired) electrons. The first-order valence-corrected chi connectivity index (χ1v) is 6.40. The Balaban J connectivity index is 2.42. The van der Waals surface area contributed by atoms with E-state index in [4.69, 9.17) is 4.74 Å². The highest BCUT2D eigenvalue weighted by Gasteiger charge is 2.16. The monoisotopic (exact) mass is 250 g/mol. The number of ether oxygens (including phenoxy) is 1. The normalized spacial score (nSPS) is 11.3. The lowest BCUT2D eigenvalue weighted by Gasteiger charge is -2.16. The van der Waals surface area contributed by atoms with Crippen LogP contribution in [0.1, 0.15) is 51.9 Å². The Morgan fingerprint density at radius 3 is 2.39 bits per heavy atom. The van der Waals surface area contributed by atoms with Crippen LogP contribution in [-0.2, 0) is 21.4 Å². The second-order valence-electron chi connectivity index (χ2n) is 5.39. The van der Waals surface area contributed by atoms with E-state index in [0.29, 0.717) is 19.4 Å². The van der Waals surface area contributed by atoms with Crippen LogP contribution in [0.4, 0.5) is 0 Å². The van der Waals surface area contributed by atoms with Crippen LogP contribution in [0, 0.1) is 0 Å². The molecule has 0 spiro atoms. The first-order valence-electron chi connectivity index (χ1n) is 6.40. The van der Waals surface area contributed by atoms with Crippen molar-refractivity contribution >= 4 is 5.97 Å². The van der Waals surface area contributed by atoms with Crippen molar-refractivity contribution in [1.29, 1.82) is 0 Å². The lowest BCUT2D eigenvalue weighted by Crippen LogP contribution is -2.16. The fourth-order valence-electron chi connectivity index (χ4n) is 1.43. The highest BCUT2D eigenvalue weighted by molar-refractivity contribution is 5.69. The molecule has 0 amide bonds. The average molecular weight is 250 g/mol. The third kappa shape index (κ3) is 4.82. The van der Waals surface area contributed by atoms with Gasteiger partial charge >= 0.3 is 5.97 Å². The van der Waals surface area contributed by atoms with E-state index in [1.165, 1.54) is 0 Å². The lowest BCUT2D eigenvalue weighted by molar-refractivity contribution is -0.143. The molecule has 100 valence electrons.